The normalized spacial score (nSPS) is 18.1. The van der Waals surface area contributed by atoms with Crippen molar-refractivity contribution >= 4 is 35.1 Å². The molecular formula is C25H29ClN4O3. The van der Waals surface area contributed by atoms with E-state index >= 15 is 0 Å². The van der Waals surface area contributed by atoms with E-state index in [-0.39, 0.29) is 30.1 Å². The summed E-state index contributed by atoms with van der Waals surface area (Å²) in [5, 5.41) is 17.8. The van der Waals surface area contributed by atoms with E-state index in [1.807, 2.05) is 55.5 Å². The summed E-state index contributed by atoms with van der Waals surface area (Å²) in [5.41, 5.74) is 7.18. The van der Waals surface area contributed by atoms with Gasteiger partial charge in [0, 0.05) is 17.6 Å². The molecule has 0 aliphatic carbocycles. The fourth-order valence-corrected chi connectivity index (χ4v) is 4.04. The van der Waals surface area contributed by atoms with Gasteiger partial charge in [0.25, 0.3) is 0 Å². The monoisotopic (exact) mass is 468 g/mol. The summed E-state index contributed by atoms with van der Waals surface area (Å²) < 4.78 is 5.60. The van der Waals surface area contributed by atoms with E-state index in [1.54, 1.807) is 18.7 Å². The minimum Gasteiger partial charge on any atom is -0.460 e. The summed E-state index contributed by atoms with van der Waals surface area (Å²) in [6.45, 7) is 9.72. The largest absolute Gasteiger partial charge is 0.460 e. The maximum atomic E-state index is 13.0. The van der Waals surface area contributed by atoms with Crippen LogP contribution < -0.4 is 10.6 Å². The molecule has 8 heteroatoms. The maximum absolute atomic E-state index is 13.0. The Hall–Kier alpha value is -3.16. The number of aliphatic imine (C=N–C) groups is 1. The van der Waals surface area contributed by atoms with Crippen LogP contribution in [0.4, 0.5) is 5.69 Å². The number of nitrogens with two attached hydrogens (primary N) is 1. The number of rotatable bonds is 6. The van der Waals surface area contributed by atoms with Gasteiger partial charge in [-0.15, -0.1) is 0 Å². The number of anilines is 1. The second-order valence-corrected chi connectivity index (χ2v) is 9.41. The molecule has 3 rings (SSSR count). The molecule has 2 aromatic carbocycles. The zero-order valence-electron chi connectivity index (χ0n) is 19.1. The van der Waals surface area contributed by atoms with Crippen LogP contribution in [0.5, 0.6) is 0 Å². The van der Waals surface area contributed by atoms with Crippen molar-refractivity contribution in [1.82, 2.24) is 0 Å². The molecule has 0 bridgehead atoms. The molecule has 0 saturated carbocycles. The Labute approximate surface area is 199 Å². The van der Waals surface area contributed by atoms with Gasteiger partial charge in [-0.2, -0.15) is 4.99 Å². The molecule has 174 valence electrons. The molecule has 0 amide bonds. The minimum atomic E-state index is -0.941. The van der Waals surface area contributed by atoms with Crippen molar-refractivity contribution in [3.8, 4) is 0 Å². The number of nitrogens with zero attached hydrogens (tertiary/aromatic N) is 2. The number of carbonyl (C=O) groups is 1. The number of benzene rings is 2. The van der Waals surface area contributed by atoms with Crippen molar-refractivity contribution in [3.63, 3.8) is 0 Å². The highest BCUT2D eigenvalue weighted by atomic mass is 35.5. The van der Waals surface area contributed by atoms with E-state index < -0.39 is 16.8 Å². The molecule has 4 N–H and O–H groups in total. The minimum absolute atomic E-state index is 0.111. The van der Waals surface area contributed by atoms with Crippen LogP contribution in [0.25, 0.3) is 0 Å². The number of halogens is 1. The van der Waals surface area contributed by atoms with Crippen molar-refractivity contribution in [3.05, 3.63) is 76.8 Å². The van der Waals surface area contributed by atoms with Gasteiger partial charge in [-0.1, -0.05) is 67.6 Å². The molecular weight excluding hydrogens is 440 g/mol. The third kappa shape index (κ3) is 4.94. The van der Waals surface area contributed by atoms with Crippen LogP contribution in [0.1, 0.15) is 37.5 Å². The first-order valence-electron chi connectivity index (χ1n) is 10.5. The van der Waals surface area contributed by atoms with Crippen molar-refractivity contribution in [2.24, 2.45) is 10.7 Å². The molecule has 0 fully saturated rings. The third-order valence-corrected chi connectivity index (χ3v) is 6.13. The highest BCUT2D eigenvalue weighted by molar-refractivity contribution is 6.45. The van der Waals surface area contributed by atoms with Gasteiger partial charge in [-0.3, -0.25) is 10.2 Å². The number of guanidine groups is 1. The molecule has 0 aromatic heterocycles. The quantitative estimate of drug-likeness (QED) is 0.339. The van der Waals surface area contributed by atoms with Gasteiger partial charge in [0.15, 0.2) is 5.84 Å². The Kier molecular flexibility index (Phi) is 6.95. The van der Waals surface area contributed by atoms with E-state index in [0.29, 0.717) is 6.54 Å². The average molecular weight is 469 g/mol. The summed E-state index contributed by atoms with van der Waals surface area (Å²) in [7, 11) is 0. The molecule has 0 unspecified atom stereocenters. The number of fused-ring (bicyclic) bond motifs is 1. The summed E-state index contributed by atoms with van der Waals surface area (Å²) >= 11 is 6.19. The number of aliphatic hydroxyl groups is 1. The van der Waals surface area contributed by atoms with Crippen LogP contribution in [0.3, 0.4) is 0 Å². The van der Waals surface area contributed by atoms with Gasteiger partial charge in [-0.25, -0.2) is 0 Å². The van der Waals surface area contributed by atoms with Crippen molar-refractivity contribution in [2.75, 3.05) is 18.1 Å². The first kappa shape index (κ1) is 24.5. The lowest BCUT2D eigenvalue weighted by atomic mass is 9.80. The SMILES string of the molecule is C=C(Cl)/C(=N\C(=N)N)N1C[C@@](C)(CO)c2ccc(C(C)(C)C(=O)OCc3ccccc3)cc21. The Balaban J connectivity index is 1.98. The first-order chi connectivity index (χ1) is 15.5. The van der Waals surface area contributed by atoms with Gasteiger partial charge < -0.3 is 20.5 Å². The van der Waals surface area contributed by atoms with Crippen molar-refractivity contribution < 1.29 is 14.6 Å². The molecule has 1 aliphatic heterocycles. The molecule has 1 atom stereocenters. The molecule has 0 radical (unpaired) electrons. The summed E-state index contributed by atoms with van der Waals surface area (Å²) in [5.74, 6) is -0.545. The van der Waals surface area contributed by atoms with Crippen LogP contribution in [-0.2, 0) is 27.0 Å². The second kappa shape index (κ2) is 9.37. The van der Waals surface area contributed by atoms with Gasteiger partial charge in [0.05, 0.1) is 17.1 Å². The molecule has 2 aromatic rings. The number of aliphatic hydroxyl groups excluding tert-OH is 1. The lowest BCUT2D eigenvalue weighted by Crippen LogP contribution is -2.38. The van der Waals surface area contributed by atoms with E-state index in [4.69, 9.17) is 27.5 Å². The van der Waals surface area contributed by atoms with E-state index in [2.05, 4.69) is 11.6 Å². The Morgan fingerprint density at radius 2 is 2.00 bits per heavy atom. The Bertz CT molecular complexity index is 1110. The predicted molar refractivity (Wildman–Crippen MR) is 132 cm³/mol. The van der Waals surface area contributed by atoms with Crippen LogP contribution in [-0.4, -0.2) is 36.0 Å². The zero-order valence-corrected chi connectivity index (χ0v) is 19.8. The number of hydrogen-bond donors (Lipinski definition) is 3. The van der Waals surface area contributed by atoms with Crippen molar-refractivity contribution in [2.45, 2.75) is 38.2 Å². The highest BCUT2D eigenvalue weighted by Crippen LogP contribution is 2.43. The maximum Gasteiger partial charge on any atom is 0.316 e. The predicted octanol–water partition coefficient (Wildman–Crippen LogP) is 3.82. The number of ether oxygens (including phenoxy) is 1. The number of nitrogens with one attached hydrogen (secondary N) is 1. The lowest BCUT2D eigenvalue weighted by molar-refractivity contribution is -0.150. The van der Waals surface area contributed by atoms with Crippen molar-refractivity contribution in [1.29, 1.82) is 5.41 Å². The average Bonchev–Trinajstić information content (AvgIpc) is 3.08. The highest BCUT2D eigenvalue weighted by Gasteiger charge is 2.42. The molecule has 1 heterocycles. The number of hydrogen-bond acceptors (Lipinski definition) is 4. The number of amidine groups is 1. The van der Waals surface area contributed by atoms with Crippen LogP contribution in [0, 0.1) is 5.41 Å². The van der Waals surface area contributed by atoms with Crippen LogP contribution >= 0.6 is 11.6 Å². The first-order valence-corrected chi connectivity index (χ1v) is 10.9. The van der Waals surface area contributed by atoms with Gasteiger partial charge in [0.2, 0.25) is 5.96 Å². The van der Waals surface area contributed by atoms with E-state index in [9.17, 15) is 9.90 Å². The van der Waals surface area contributed by atoms with Gasteiger partial charge >= 0.3 is 5.97 Å². The standard InChI is InChI=1S/C25H29ClN4O3/c1-16(26)21(29-23(27)28)30-14-25(4,15-31)19-11-10-18(12-20(19)30)24(2,3)22(32)33-13-17-8-6-5-7-9-17/h5-12,31H,1,13-15H2,2-4H3,(H3,27,28)/b29-21+/t25-/m0/s1. The fraction of sp³-hybridized carbons (Fsp3) is 0.320. The number of carbonyl (C=O) groups excluding carboxylic acids is 1. The topological polar surface area (TPSA) is 112 Å². The lowest BCUT2D eigenvalue weighted by Gasteiger charge is -2.26. The van der Waals surface area contributed by atoms with Gasteiger partial charge in [0.1, 0.15) is 6.61 Å². The molecule has 0 spiro atoms. The summed E-state index contributed by atoms with van der Waals surface area (Å²) in [4.78, 5) is 18.8. The van der Waals surface area contributed by atoms with Crippen LogP contribution in [0.15, 0.2) is 65.1 Å². The summed E-state index contributed by atoms with van der Waals surface area (Å²) in [6, 6.07) is 15.1. The number of esters is 1. The zero-order chi connectivity index (χ0) is 24.4. The fourth-order valence-electron chi connectivity index (χ4n) is 3.90. The second-order valence-electron chi connectivity index (χ2n) is 8.95. The molecule has 1 aliphatic rings. The van der Waals surface area contributed by atoms with Gasteiger partial charge in [-0.05, 0) is 36.6 Å². The van der Waals surface area contributed by atoms with Crippen LogP contribution in [0.2, 0.25) is 0 Å². The molecule has 7 nitrogen and oxygen atoms in total. The third-order valence-electron chi connectivity index (χ3n) is 5.96. The molecule has 33 heavy (non-hydrogen) atoms. The Morgan fingerprint density at radius 1 is 1.33 bits per heavy atom. The Morgan fingerprint density at radius 3 is 2.58 bits per heavy atom. The summed E-state index contributed by atoms with van der Waals surface area (Å²) in [6.07, 6.45) is 0. The molecule has 0 saturated heterocycles. The van der Waals surface area contributed by atoms with E-state index in [1.165, 1.54) is 0 Å². The van der Waals surface area contributed by atoms with E-state index in [0.717, 1.165) is 22.4 Å². The smallest absolute Gasteiger partial charge is 0.316 e.